The highest BCUT2D eigenvalue weighted by Crippen LogP contribution is 2.24. The van der Waals surface area contributed by atoms with Crippen LogP contribution in [0.5, 0.6) is 5.75 Å². The molecule has 0 aromatic heterocycles. The van der Waals surface area contributed by atoms with Crippen molar-refractivity contribution in [2.24, 2.45) is 0 Å². The zero-order valence-electron chi connectivity index (χ0n) is 10.6. The molecule has 1 atom stereocenters. The summed E-state index contributed by atoms with van der Waals surface area (Å²) < 4.78 is 12.0. The second-order valence-electron chi connectivity index (χ2n) is 4.19. The summed E-state index contributed by atoms with van der Waals surface area (Å²) in [4.78, 5) is 0. The molecule has 0 aliphatic carbocycles. The molecule has 17 heavy (non-hydrogen) atoms. The summed E-state index contributed by atoms with van der Waals surface area (Å²) >= 11 is 3.47. The summed E-state index contributed by atoms with van der Waals surface area (Å²) in [7, 11) is 1.69. The Labute approximate surface area is 112 Å². The minimum atomic E-state index is 0.0149. The van der Waals surface area contributed by atoms with Gasteiger partial charge in [0, 0.05) is 19.7 Å². The minimum Gasteiger partial charge on any atom is -0.486 e. The molecular weight excluding hydrogens is 282 g/mol. The van der Waals surface area contributed by atoms with Gasteiger partial charge in [-0.1, -0.05) is 26.0 Å². The molecule has 0 aliphatic heterocycles. The molecule has 0 amide bonds. The minimum absolute atomic E-state index is 0.0149. The Morgan fingerprint density at radius 2 is 2.00 bits per heavy atom. The number of methoxy groups -OCH3 is 1. The molecule has 0 radical (unpaired) electrons. The Bertz CT molecular complexity index is 331. The highest BCUT2D eigenvalue weighted by Gasteiger charge is 2.12. The van der Waals surface area contributed by atoms with E-state index in [0.717, 1.165) is 16.8 Å². The van der Waals surface area contributed by atoms with Gasteiger partial charge in [-0.25, -0.2) is 0 Å². The van der Waals surface area contributed by atoms with Crippen LogP contribution in [0.2, 0.25) is 0 Å². The summed E-state index contributed by atoms with van der Waals surface area (Å²) in [6, 6.07) is 8.28. The van der Waals surface area contributed by atoms with Crippen molar-refractivity contribution in [1.82, 2.24) is 5.32 Å². The molecule has 0 bridgehead atoms. The maximum Gasteiger partial charge on any atom is 0.134 e. The van der Waals surface area contributed by atoms with Crippen LogP contribution < -0.4 is 10.1 Å². The normalized spacial score (nSPS) is 12.8. The van der Waals surface area contributed by atoms with Crippen LogP contribution >= 0.6 is 15.9 Å². The van der Waals surface area contributed by atoms with E-state index < -0.39 is 0 Å². The van der Waals surface area contributed by atoms with E-state index in [2.05, 4.69) is 35.1 Å². The van der Waals surface area contributed by atoms with Crippen LogP contribution in [-0.4, -0.2) is 32.4 Å². The number of nitrogens with one attached hydrogen (secondary N) is 1. The van der Waals surface area contributed by atoms with Crippen LogP contribution in [0.15, 0.2) is 28.7 Å². The quantitative estimate of drug-likeness (QED) is 0.840. The summed E-state index contributed by atoms with van der Waals surface area (Å²) in [5, 5.41) is 3.35. The first-order valence-electron chi connectivity index (χ1n) is 5.77. The van der Waals surface area contributed by atoms with Crippen molar-refractivity contribution in [2.75, 3.05) is 20.3 Å². The average molecular weight is 302 g/mol. The van der Waals surface area contributed by atoms with Crippen LogP contribution in [0.1, 0.15) is 13.8 Å². The number of rotatable bonds is 7. The van der Waals surface area contributed by atoms with Crippen LogP contribution in [0.3, 0.4) is 0 Å². The molecule has 0 saturated heterocycles. The molecule has 0 aliphatic rings. The Balaban J connectivity index is 2.56. The van der Waals surface area contributed by atoms with Gasteiger partial charge in [-0.15, -0.1) is 0 Å². The van der Waals surface area contributed by atoms with Gasteiger partial charge in [0.2, 0.25) is 0 Å². The van der Waals surface area contributed by atoms with Gasteiger partial charge >= 0.3 is 0 Å². The Morgan fingerprint density at radius 3 is 2.59 bits per heavy atom. The van der Waals surface area contributed by atoms with Crippen LogP contribution in [0.4, 0.5) is 0 Å². The highest BCUT2D eigenvalue weighted by atomic mass is 79.9. The van der Waals surface area contributed by atoms with E-state index >= 15 is 0 Å². The third kappa shape index (κ3) is 5.52. The number of hydrogen-bond acceptors (Lipinski definition) is 3. The zero-order valence-corrected chi connectivity index (χ0v) is 12.2. The van der Waals surface area contributed by atoms with Gasteiger partial charge in [0.25, 0.3) is 0 Å². The van der Waals surface area contributed by atoms with Crippen molar-refractivity contribution in [3.05, 3.63) is 28.7 Å². The number of ether oxygens (including phenoxy) is 2. The Hall–Kier alpha value is -0.580. The van der Waals surface area contributed by atoms with Gasteiger partial charge in [0.15, 0.2) is 0 Å². The second-order valence-corrected chi connectivity index (χ2v) is 5.04. The predicted molar refractivity (Wildman–Crippen MR) is 73.6 cm³/mol. The van der Waals surface area contributed by atoms with Crippen molar-refractivity contribution in [3.8, 4) is 5.75 Å². The van der Waals surface area contributed by atoms with E-state index in [9.17, 15) is 0 Å². The Kier molecular flexibility index (Phi) is 6.55. The summed E-state index contributed by atoms with van der Waals surface area (Å²) in [5.41, 5.74) is 0. The molecule has 0 spiro atoms. The summed E-state index contributed by atoms with van der Waals surface area (Å²) in [6.07, 6.45) is 0.0149. The first kappa shape index (κ1) is 14.5. The molecule has 1 aromatic carbocycles. The number of hydrogen-bond donors (Lipinski definition) is 1. The molecule has 0 fully saturated rings. The largest absolute Gasteiger partial charge is 0.486 e. The maximum absolute atomic E-state index is 5.90. The lowest BCUT2D eigenvalue weighted by molar-refractivity contribution is 0.0789. The fraction of sp³-hybridized carbons (Fsp3) is 0.538. The van der Waals surface area contributed by atoms with Crippen molar-refractivity contribution in [3.63, 3.8) is 0 Å². The summed E-state index contributed by atoms with van der Waals surface area (Å²) in [5.74, 6) is 0.847. The molecule has 0 saturated carbocycles. The third-order valence-electron chi connectivity index (χ3n) is 2.24. The molecule has 1 aromatic rings. The van der Waals surface area contributed by atoms with E-state index in [0.29, 0.717) is 12.6 Å². The second kappa shape index (κ2) is 7.69. The zero-order chi connectivity index (χ0) is 12.7. The lowest BCUT2D eigenvalue weighted by Gasteiger charge is -2.21. The standard InChI is InChI=1S/C13H20BrNO2/c1-10(2)15-8-11(9-16-3)17-13-7-5-4-6-12(13)14/h4-7,10-11,15H,8-9H2,1-3H3. The highest BCUT2D eigenvalue weighted by molar-refractivity contribution is 9.10. The fourth-order valence-corrected chi connectivity index (χ4v) is 1.79. The average Bonchev–Trinajstić information content (AvgIpc) is 2.29. The van der Waals surface area contributed by atoms with E-state index in [1.807, 2.05) is 24.3 Å². The van der Waals surface area contributed by atoms with Gasteiger partial charge in [-0.05, 0) is 28.1 Å². The molecule has 1 N–H and O–H groups in total. The van der Waals surface area contributed by atoms with Crippen LogP contribution in [0, 0.1) is 0 Å². The van der Waals surface area contributed by atoms with E-state index in [-0.39, 0.29) is 6.10 Å². The lowest BCUT2D eigenvalue weighted by Crippen LogP contribution is -2.38. The molecule has 96 valence electrons. The van der Waals surface area contributed by atoms with Crippen molar-refractivity contribution in [1.29, 1.82) is 0 Å². The van der Waals surface area contributed by atoms with Gasteiger partial charge in [-0.3, -0.25) is 0 Å². The Morgan fingerprint density at radius 1 is 1.29 bits per heavy atom. The van der Waals surface area contributed by atoms with Crippen LogP contribution in [0.25, 0.3) is 0 Å². The topological polar surface area (TPSA) is 30.5 Å². The lowest BCUT2D eigenvalue weighted by atomic mass is 10.3. The molecular formula is C13H20BrNO2. The summed E-state index contributed by atoms with van der Waals surface area (Å²) in [6.45, 7) is 5.57. The number of para-hydroxylation sites is 1. The maximum atomic E-state index is 5.90. The molecule has 1 rings (SSSR count). The van der Waals surface area contributed by atoms with Crippen LogP contribution in [-0.2, 0) is 4.74 Å². The van der Waals surface area contributed by atoms with Crippen molar-refractivity contribution < 1.29 is 9.47 Å². The van der Waals surface area contributed by atoms with Crippen molar-refractivity contribution in [2.45, 2.75) is 26.0 Å². The van der Waals surface area contributed by atoms with Crippen molar-refractivity contribution >= 4 is 15.9 Å². The van der Waals surface area contributed by atoms with Gasteiger partial charge in [0.1, 0.15) is 11.9 Å². The SMILES string of the molecule is COCC(CNC(C)C)Oc1ccccc1Br. The fourth-order valence-electron chi connectivity index (χ4n) is 1.41. The van der Waals surface area contributed by atoms with E-state index in [4.69, 9.17) is 9.47 Å². The van der Waals surface area contributed by atoms with E-state index in [1.54, 1.807) is 7.11 Å². The number of halogens is 1. The van der Waals surface area contributed by atoms with E-state index in [1.165, 1.54) is 0 Å². The number of benzene rings is 1. The first-order valence-corrected chi connectivity index (χ1v) is 6.56. The monoisotopic (exact) mass is 301 g/mol. The molecule has 3 nitrogen and oxygen atoms in total. The smallest absolute Gasteiger partial charge is 0.134 e. The van der Waals surface area contributed by atoms with Gasteiger partial charge < -0.3 is 14.8 Å². The predicted octanol–water partition coefficient (Wildman–Crippen LogP) is 2.84. The van der Waals surface area contributed by atoms with Gasteiger partial charge in [-0.2, -0.15) is 0 Å². The third-order valence-corrected chi connectivity index (χ3v) is 2.89. The molecule has 4 heteroatoms. The first-order chi connectivity index (χ1) is 8.13. The molecule has 0 heterocycles. The molecule has 1 unspecified atom stereocenters. The van der Waals surface area contributed by atoms with Gasteiger partial charge in [0.05, 0.1) is 11.1 Å².